The van der Waals surface area contributed by atoms with Crippen LogP contribution in [0.2, 0.25) is 0 Å². The summed E-state index contributed by atoms with van der Waals surface area (Å²) < 4.78 is 5.33. The van der Waals surface area contributed by atoms with Gasteiger partial charge < -0.3 is 15.2 Å². The molecule has 1 amide bonds. The Morgan fingerprint density at radius 1 is 1.11 bits per heavy atom. The average molecular weight is 364 g/mol. The maximum atomic E-state index is 12.4. The summed E-state index contributed by atoms with van der Waals surface area (Å²) in [5.41, 5.74) is 3.41. The lowest BCUT2D eigenvalue weighted by molar-refractivity contribution is 0.0949. The molecule has 0 aliphatic heterocycles. The van der Waals surface area contributed by atoms with E-state index in [1.165, 1.54) is 5.56 Å². The molecule has 140 valence electrons. The molecular weight excluding hydrogens is 340 g/mol. The second kappa shape index (κ2) is 8.49. The summed E-state index contributed by atoms with van der Waals surface area (Å²) in [5.74, 6) is 1.31. The minimum atomic E-state index is -0.0994. The van der Waals surface area contributed by atoms with Gasteiger partial charge in [-0.15, -0.1) is 0 Å². The van der Waals surface area contributed by atoms with Crippen LogP contribution < -0.4 is 10.6 Å². The Morgan fingerprint density at radius 3 is 2.59 bits per heavy atom. The van der Waals surface area contributed by atoms with E-state index < -0.39 is 0 Å². The monoisotopic (exact) mass is 364 g/mol. The Kier molecular flexibility index (Phi) is 5.86. The van der Waals surface area contributed by atoms with E-state index in [-0.39, 0.29) is 5.91 Å². The summed E-state index contributed by atoms with van der Waals surface area (Å²) in [7, 11) is 0. The lowest BCUT2D eigenvalue weighted by Gasteiger charge is -2.12. The molecule has 1 heterocycles. The first-order valence-corrected chi connectivity index (χ1v) is 9.03. The highest BCUT2D eigenvalue weighted by Gasteiger charge is 2.13. The number of nitrogens with zero attached hydrogens (tertiary/aromatic N) is 2. The summed E-state index contributed by atoms with van der Waals surface area (Å²) >= 11 is 0. The minimum absolute atomic E-state index is 0.0994. The Labute approximate surface area is 159 Å². The van der Waals surface area contributed by atoms with Crippen LogP contribution in [0.15, 0.2) is 53.1 Å². The predicted molar refractivity (Wildman–Crippen MR) is 105 cm³/mol. The number of carbonyl (C=O) groups is 1. The number of hydrogen-bond acceptors (Lipinski definition) is 5. The highest BCUT2D eigenvalue weighted by molar-refractivity contribution is 5.99. The Bertz CT molecular complexity index is 901. The highest BCUT2D eigenvalue weighted by Crippen LogP contribution is 2.19. The first-order valence-electron chi connectivity index (χ1n) is 9.03. The molecule has 0 saturated heterocycles. The van der Waals surface area contributed by atoms with Gasteiger partial charge in [0.1, 0.15) is 0 Å². The molecule has 6 heteroatoms. The standard InChI is InChI=1S/C21H24N4O2/c1-14(2)12-23-21(26)17-6-4-5-7-18(17)22-13-19-24-20(25-27-19)16-10-8-15(3)9-11-16/h4-11,14,22H,12-13H2,1-3H3,(H,23,26). The van der Waals surface area contributed by atoms with Gasteiger partial charge in [0.2, 0.25) is 11.7 Å². The van der Waals surface area contributed by atoms with Crippen molar-refractivity contribution in [2.24, 2.45) is 5.92 Å². The molecule has 3 rings (SSSR count). The highest BCUT2D eigenvalue weighted by atomic mass is 16.5. The summed E-state index contributed by atoms with van der Waals surface area (Å²) in [5, 5.41) is 10.2. The number of aryl methyl sites for hydroxylation is 1. The van der Waals surface area contributed by atoms with Gasteiger partial charge in [0, 0.05) is 17.8 Å². The van der Waals surface area contributed by atoms with Crippen LogP contribution in [0.4, 0.5) is 5.69 Å². The van der Waals surface area contributed by atoms with Crippen molar-refractivity contribution >= 4 is 11.6 Å². The van der Waals surface area contributed by atoms with Gasteiger partial charge in [-0.05, 0) is 25.0 Å². The van der Waals surface area contributed by atoms with Gasteiger partial charge in [0.15, 0.2) is 0 Å². The van der Waals surface area contributed by atoms with Crippen molar-refractivity contribution < 1.29 is 9.32 Å². The first kappa shape index (κ1) is 18.6. The molecule has 0 spiro atoms. The quantitative estimate of drug-likeness (QED) is 0.661. The predicted octanol–water partition coefficient (Wildman–Crippen LogP) is 4.04. The normalized spacial score (nSPS) is 10.8. The molecule has 0 aliphatic carbocycles. The van der Waals surface area contributed by atoms with Crippen LogP contribution in [-0.4, -0.2) is 22.6 Å². The van der Waals surface area contributed by atoms with E-state index in [0.29, 0.717) is 36.3 Å². The number of anilines is 1. The van der Waals surface area contributed by atoms with Gasteiger partial charge in [0.25, 0.3) is 5.91 Å². The number of nitrogens with one attached hydrogen (secondary N) is 2. The second-order valence-corrected chi connectivity index (χ2v) is 6.88. The number of carbonyl (C=O) groups excluding carboxylic acids is 1. The first-order chi connectivity index (χ1) is 13.0. The third-order valence-corrected chi connectivity index (χ3v) is 4.05. The molecule has 27 heavy (non-hydrogen) atoms. The zero-order chi connectivity index (χ0) is 19.2. The number of rotatable bonds is 7. The fourth-order valence-corrected chi connectivity index (χ4v) is 2.54. The maximum absolute atomic E-state index is 12.4. The summed E-state index contributed by atoms with van der Waals surface area (Å²) in [6.45, 7) is 7.13. The summed E-state index contributed by atoms with van der Waals surface area (Å²) in [6, 6.07) is 15.3. The van der Waals surface area contributed by atoms with Crippen LogP contribution in [0.1, 0.15) is 35.7 Å². The van der Waals surface area contributed by atoms with Gasteiger partial charge in [-0.3, -0.25) is 4.79 Å². The Balaban J connectivity index is 1.67. The van der Waals surface area contributed by atoms with E-state index in [1.54, 1.807) is 6.07 Å². The lowest BCUT2D eigenvalue weighted by atomic mass is 10.1. The van der Waals surface area contributed by atoms with Gasteiger partial charge in [-0.2, -0.15) is 4.98 Å². The third-order valence-electron chi connectivity index (χ3n) is 4.05. The van der Waals surface area contributed by atoms with E-state index in [0.717, 1.165) is 11.3 Å². The van der Waals surface area contributed by atoms with E-state index in [2.05, 4.69) is 34.6 Å². The summed E-state index contributed by atoms with van der Waals surface area (Å²) in [6.07, 6.45) is 0. The Morgan fingerprint density at radius 2 is 1.85 bits per heavy atom. The van der Waals surface area contributed by atoms with Crippen LogP contribution >= 0.6 is 0 Å². The minimum Gasteiger partial charge on any atom is -0.375 e. The average Bonchev–Trinajstić information content (AvgIpc) is 3.14. The molecule has 0 radical (unpaired) electrons. The van der Waals surface area contributed by atoms with Crippen molar-refractivity contribution in [3.8, 4) is 11.4 Å². The molecule has 0 saturated carbocycles. The van der Waals surface area contributed by atoms with Gasteiger partial charge in [-0.1, -0.05) is 61.0 Å². The number of aromatic nitrogens is 2. The van der Waals surface area contributed by atoms with Crippen molar-refractivity contribution in [2.75, 3.05) is 11.9 Å². The fourth-order valence-electron chi connectivity index (χ4n) is 2.54. The van der Waals surface area contributed by atoms with E-state index in [1.807, 2.05) is 49.4 Å². The zero-order valence-corrected chi connectivity index (χ0v) is 15.8. The number of benzene rings is 2. The van der Waals surface area contributed by atoms with Crippen LogP contribution in [-0.2, 0) is 6.54 Å². The topological polar surface area (TPSA) is 80.0 Å². The number of para-hydroxylation sites is 1. The molecule has 1 aromatic heterocycles. The third kappa shape index (κ3) is 4.94. The summed E-state index contributed by atoms with van der Waals surface area (Å²) in [4.78, 5) is 16.8. The maximum Gasteiger partial charge on any atom is 0.253 e. The molecule has 3 aromatic rings. The molecule has 6 nitrogen and oxygen atoms in total. The van der Waals surface area contributed by atoms with E-state index >= 15 is 0 Å². The largest absolute Gasteiger partial charge is 0.375 e. The molecule has 0 unspecified atom stereocenters. The van der Waals surface area contributed by atoms with Crippen molar-refractivity contribution in [1.82, 2.24) is 15.5 Å². The molecular formula is C21H24N4O2. The molecule has 2 aromatic carbocycles. The smallest absolute Gasteiger partial charge is 0.253 e. The second-order valence-electron chi connectivity index (χ2n) is 6.88. The molecule has 0 aliphatic rings. The van der Waals surface area contributed by atoms with Crippen molar-refractivity contribution in [2.45, 2.75) is 27.3 Å². The van der Waals surface area contributed by atoms with Gasteiger partial charge in [0.05, 0.1) is 12.1 Å². The van der Waals surface area contributed by atoms with Crippen molar-refractivity contribution in [1.29, 1.82) is 0 Å². The lowest BCUT2D eigenvalue weighted by Crippen LogP contribution is -2.28. The Hall–Kier alpha value is -3.15. The van der Waals surface area contributed by atoms with Crippen LogP contribution in [0.25, 0.3) is 11.4 Å². The number of amides is 1. The van der Waals surface area contributed by atoms with Crippen LogP contribution in [0.5, 0.6) is 0 Å². The van der Waals surface area contributed by atoms with E-state index in [4.69, 9.17) is 4.52 Å². The fraction of sp³-hybridized carbons (Fsp3) is 0.286. The van der Waals surface area contributed by atoms with E-state index in [9.17, 15) is 4.79 Å². The zero-order valence-electron chi connectivity index (χ0n) is 15.8. The molecule has 0 fully saturated rings. The molecule has 0 atom stereocenters. The van der Waals surface area contributed by atoms with Crippen LogP contribution in [0.3, 0.4) is 0 Å². The SMILES string of the molecule is Cc1ccc(-c2noc(CNc3ccccc3C(=O)NCC(C)C)n2)cc1. The van der Waals surface area contributed by atoms with Crippen molar-refractivity contribution in [3.05, 3.63) is 65.5 Å². The molecule has 0 bridgehead atoms. The number of hydrogen-bond donors (Lipinski definition) is 2. The van der Waals surface area contributed by atoms with Crippen molar-refractivity contribution in [3.63, 3.8) is 0 Å². The van der Waals surface area contributed by atoms with Crippen LogP contribution in [0, 0.1) is 12.8 Å². The van der Waals surface area contributed by atoms with Gasteiger partial charge in [-0.25, -0.2) is 0 Å². The molecule has 2 N–H and O–H groups in total. The van der Waals surface area contributed by atoms with Gasteiger partial charge >= 0.3 is 0 Å².